The van der Waals surface area contributed by atoms with Gasteiger partial charge in [-0.15, -0.1) is 0 Å². The standard InChI is InChI=1S/C19H32N4O/c1-4-5-10-20-19(21-13-17-8-6-16(2)7-9-17)22-14-18-15-23(3)11-12-24-18/h6-9,18H,4-5,10-15H2,1-3H3,(H2,20,21,22). The van der Waals surface area contributed by atoms with Gasteiger partial charge in [-0.2, -0.15) is 0 Å². The molecule has 0 saturated carbocycles. The lowest BCUT2D eigenvalue weighted by Crippen LogP contribution is -2.48. The van der Waals surface area contributed by atoms with Crippen molar-refractivity contribution >= 4 is 5.96 Å². The van der Waals surface area contributed by atoms with Crippen molar-refractivity contribution in [2.75, 3.05) is 39.8 Å². The Kier molecular flexibility index (Phi) is 8.05. The van der Waals surface area contributed by atoms with Gasteiger partial charge >= 0.3 is 0 Å². The van der Waals surface area contributed by atoms with Gasteiger partial charge in [0.05, 0.1) is 19.3 Å². The normalized spacial score (nSPS) is 19.3. The number of morpholine rings is 1. The third kappa shape index (κ3) is 6.89. The van der Waals surface area contributed by atoms with Crippen molar-refractivity contribution in [3.8, 4) is 0 Å². The molecule has 1 heterocycles. The topological polar surface area (TPSA) is 48.9 Å². The van der Waals surface area contributed by atoms with Crippen LogP contribution in [-0.2, 0) is 11.3 Å². The Morgan fingerprint density at radius 3 is 2.79 bits per heavy atom. The molecule has 24 heavy (non-hydrogen) atoms. The molecule has 0 bridgehead atoms. The Balaban J connectivity index is 1.87. The largest absolute Gasteiger partial charge is 0.374 e. The molecular weight excluding hydrogens is 300 g/mol. The third-order valence-corrected chi connectivity index (χ3v) is 4.20. The average Bonchev–Trinajstić information content (AvgIpc) is 2.58. The minimum Gasteiger partial charge on any atom is -0.374 e. The van der Waals surface area contributed by atoms with Gasteiger partial charge in [-0.1, -0.05) is 43.2 Å². The highest BCUT2D eigenvalue weighted by molar-refractivity contribution is 5.79. The van der Waals surface area contributed by atoms with Crippen LogP contribution in [0.1, 0.15) is 30.9 Å². The van der Waals surface area contributed by atoms with Gasteiger partial charge in [0.25, 0.3) is 0 Å². The monoisotopic (exact) mass is 332 g/mol. The molecule has 1 aliphatic heterocycles. The molecular formula is C19H32N4O. The molecule has 2 N–H and O–H groups in total. The zero-order valence-electron chi connectivity index (χ0n) is 15.3. The van der Waals surface area contributed by atoms with Crippen LogP contribution in [-0.4, -0.2) is 56.8 Å². The first-order valence-corrected chi connectivity index (χ1v) is 9.05. The second-order valence-corrected chi connectivity index (χ2v) is 6.57. The molecule has 0 aliphatic carbocycles. The minimum absolute atomic E-state index is 0.223. The van der Waals surface area contributed by atoms with E-state index in [0.29, 0.717) is 6.54 Å². The van der Waals surface area contributed by atoms with E-state index in [1.165, 1.54) is 17.5 Å². The number of rotatable bonds is 7. The van der Waals surface area contributed by atoms with E-state index < -0.39 is 0 Å². The van der Waals surface area contributed by atoms with Crippen LogP contribution in [0.2, 0.25) is 0 Å². The molecule has 1 aromatic rings. The van der Waals surface area contributed by atoms with Crippen LogP contribution in [0.25, 0.3) is 0 Å². The number of guanidine groups is 1. The number of hydrogen-bond donors (Lipinski definition) is 2. The summed E-state index contributed by atoms with van der Waals surface area (Å²) < 4.78 is 5.81. The van der Waals surface area contributed by atoms with Crippen molar-refractivity contribution in [2.24, 2.45) is 4.99 Å². The number of aryl methyl sites for hydroxylation is 1. The van der Waals surface area contributed by atoms with Crippen molar-refractivity contribution in [1.82, 2.24) is 15.5 Å². The summed E-state index contributed by atoms with van der Waals surface area (Å²) >= 11 is 0. The highest BCUT2D eigenvalue weighted by Crippen LogP contribution is 2.05. The van der Waals surface area contributed by atoms with E-state index in [9.17, 15) is 0 Å². The first-order chi connectivity index (χ1) is 11.7. The fraction of sp³-hybridized carbons (Fsp3) is 0.632. The molecule has 1 aliphatic rings. The Labute approximate surface area is 146 Å². The van der Waals surface area contributed by atoms with Crippen molar-refractivity contribution in [3.05, 3.63) is 35.4 Å². The molecule has 5 heteroatoms. The molecule has 1 aromatic carbocycles. The smallest absolute Gasteiger partial charge is 0.191 e. The van der Waals surface area contributed by atoms with Crippen LogP contribution in [0, 0.1) is 6.92 Å². The number of aliphatic imine (C=N–C) groups is 1. The predicted octanol–water partition coefficient (Wildman–Crippen LogP) is 2.16. The van der Waals surface area contributed by atoms with Gasteiger partial charge in [0.2, 0.25) is 0 Å². The molecule has 1 atom stereocenters. The van der Waals surface area contributed by atoms with Crippen LogP contribution >= 0.6 is 0 Å². The predicted molar refractivity (Wildman–Crippen MR) is 100 cm³/mol. The highest BCUT2D eigenvalue weighted by atomic mass is 16.5. The summed E-state index contributed by atoms with van der Waals surface area (Å²) in [5, 5.41) is 6.86. The summed E-state index contributed by atoms with van der Waals surface area (Å²) in [5.74, 6) is 0.876. The average molecular weight is 332 g/mol. The molecule has 5 nitrogen and oxygen atoms in total. The highest BCUT2D eigenvalue weighted by Gasteiger charge is 2.17. The summed E-state index contributed by atoms with van der Waals surface area (Å²) in [6, 6.07) is 8.55. The van der Waals surface area contributed by atoms with E-state index in [0.717, 1.165) is 45.2 Å². The quantitative estimate of drug-likeness (QED) is 0.456. The Bertz CT molecular complexity index is 501. The maximum atomic E-state index is 5.81. The molecule has 2 rings (SSSR count). The first-order valence-electron chi connectivity index (χ1n) is 9.05. The van der Waals surface area contributed by atoms with E-state index in [1.54, 1.807) is 0 Å². The molecule has 0 aromatic heterocycles. The van der Waals surface area contributed by atoms with Gasteiger partial charge in [0.1, 0.15) is 0 Å². The van der Waals surface area contributed by atoms with Gasteiger partial charge in [-0.25, -0.2) is 4.99 Å². The number of nitrogens with one attached hydrogen (secondary N) is 2. The fourth-order valence-electron chi connectivity index (χ4n) is 2.62. The lowest BCUT2D eigenvalue weighted by Gasteiger charge is -2.30. The van der Waals surface area contributed by atoms with E-state index in [1.807, 2.05) is 0 Å². The molecule has 0 radical (unpaired) electrons. The second-order valence-electron chi connectivity index (χ2n) is 6.57. The van der Waals surface area contributed by atoms with Crippen LogP contribution < -0.4 is 10.6 Å². The fourth-order valence-corrected chi connectivity index (χ4v) is 2.62. The first kappa shape index (κ1) is 18.7. The molecule has 0 amide bonds. The van der Waals surface area contributed by atoms with E-state index in [4.69, 9.17) is 9.73 Å². The van der Waals surface area contributed by atoms with Crippen LogP contribution in [0.3, 0.4) is 0 Å². The Hall–Kier alpha value is -1.59. The van der Waals surface area contributed by atoms with Gasteiger partial charge in [-0.3, -0.25) is 0 Å². The van der Waals surface area contributed by atoms with Crippen LogP contribution in [0.5, 0.6) is 0 Å². The summed E-state index contributed by atoms with van der Waals surface area (Å²) in [6.07, 6.45) is 2.55. The Morgan fingerprint density at radius 1 is 1.29 bits per heavy atom. The van der Waals surface area contributed by atoms with Gasteiger partial charge in [-0.05, 0) is 26.0 Å². The second kappa shape index (κ2) is 10.3. The molecule has 1 unspecified atom stereocenters. The van der Waals surface area contributed by atoms with Crippen molar-refractivity contribution < 1.29 is 4.74 Å². The maximum Gasteiger partial charge on any atom is 0.191 e. The zero-order valence-corrected chi connectivity index (χ0v) is 15.3. The Morgan fingerprint density at radius 2 is 2.08 bits per heavy atom. The SMILES string of the molecule is CCCCNC(=NCc1ccc(C)cc1)NCC1CN(C)CCO1. The van der Waals surface area contributed by atoms with E-state index in [2.05, 4.69) is 60.7 Å². The number of nitrogens with zero attached hydrogens (tertiary/aromatic N) is 2. The van der Waals surface area contributed by atoms with Crippen molar-refractivity contribution in [1.29, 1.82) is 0 Å². The summed E-state index contributed by atoms with van der Waals surface area (Å²) in [5.41, 5.74) is 2.51. The molecule has 134 valence electrons. The third-order valence-electron chi connectivity index (χ3n) is 4.20. The van der Waals surface area contributed by atoms with E-state index in [-0.39, 0.29) is 6.10 Å². The van der Waals surface area contributed by atoms with Crippen molar-refractivity contribution in [2.45, 2.75) is 39.3 Å². The lowest BCUT2D eigenvalue weighted by molar-refractivity contribution is -0.0161. The minimum atomic E-state index is 0.223. The molecule has 0 spiro atoms. The number of hydrogen-bond acceptors (Lipinski definition) is 3. The van der Waals surface area contributed by atoms with Gasteiger partial charge in [0.15, 0.2) is 5.96 Å². The number of unbranched alkanes of at least 4 members (excludes halogenated alkanes) is 1. The molecule has 1 saturated heterocycles. The van der Waals surface area contributed by atoms with Crippen LogP contribution in [0.4, 0.5) is 0 Å². The number of ether oxygens (including phenoxy) is 1. The van der Waals surface area contributed by atoms with Crippen LogP contribution in [0.15, 0.2) is 29.3 Å². The van der Waals surface area contributed by atoms with E-state index >= 15 is 0 Å². The molecule has 1 fully saturated rings. The zero-order chi connectivity index (χ0) is 17.2. The summed E-state index contributed by atoms with van der Waals surface area (Å²) in [7, 11) is 2.14. The van der Waals surface area contributed by atoms with Gasteiger partial charge in [0, 0.05) is 26.2 Å². The summed E-state index contributed by atoms with van der Waals surface area (Å²) in [4.78, 5) is 7.03. The maximum absolute atomic E-state index is 5.81. The number of benzene rings is 1. The van der Waals surface area contributed by atoms with Gasteiger partial charge < -0.3 is 20.3 Å². The number of likely N-dealkylation sites (N-methyl/N-ethyl adjacent to an activating group) is 1. The lowest BCUT2D eigenvalue weighted by atomic mass is 10.1. The summed E-state index contributed by atoms with van der Waals surface area (Å²) in [6.45, 7) is 9.51. The van der Waals surface area contributed by atoms with Crippen molar-refractivity contribution in [3.63, 3.8) is 0 Å².